The van der Waals surface area contributed by atoms with Crippen molar-refractivity contribution in [3.8, 4) is 46.0 Å². The fourth-order valence-electron chi connectivity index (χ4n) is 6.19. The average molecular weight is 1170 g/mol. The lowest BCUT2D eigenvalue weighted by atomic mass is 10.1. The van der Waals surface area contributed by atoms with E-state index in [0.717, 1.165) is 4.68 Å². The molecule has 0 saturated carbocycles. The first-order valence-electron chi connectivity index (χ1n) is 23.8. The predicted octanol–water partition coefficient (Wildman–Crippen LogP) is 4.66. The van der Waals surface area contributed by atoms with Gasteiger partial charge < -0.3 is 61.9 Å². The molecule has 0 amide bonds. The van der Waals surface area contributed by atoms with Crippen LogP contribution < -0.4 is 18.5 Å². The molecule has 0 atom stereocenters. The number of nitrogens with zero attached hydrogens (tertiary/aromatic N) is 12. The number of tetrazole rings is 1. The summed E-state index contributed by atoms with van der Waals surface area (Å²) in [5.41, 5.74) is 0.709. The Morgan fingerprint density at radius 2 is 1.30 bits per heavy atom. The van der Waals surface area contributed by atoms with Crippen molar-refractivity contribution in [1.82, 2.24) is 40.1 Å². The summed E-state index contributed by atoms with van der Waals surface area (Å²) in [6.45, 7) is -1.23. The summed E-state index contributed by atoms with van der Waals surface area (Å²) in [7, 11) is -3.69. The second-order valence-electron chi connectivity index (χ2n) is 15.9. The van der Waals surface area contributed by atoms with Crippen molar-refractivity contribution in [2.75, 3.05) is 84.2 Å². The minimum absolute atomic E-state index is 0.000578. The summed E-state index contributed by atoms with van der Waals surface area (Å²) < 4.78 is 85.5. The van der Waals surface area contributed by atoms with Crippen LogP contribution in [0.5, 0.6) is 23.1 Å². The van der Waals surface area contributed by atoms with Crippen LogP contribution in [0.15, 0.2) is 66.0 Å². The Kier molecular flexibility index (Phi) is 24.6. The lowest BCUT2D eigenvalue weighted by Gasteiger charge is -2.26. The highest BCUT2D eigenvalue weighted by molar-refractivity contribution is 7.92. The van der Waals surface area contributed by atoms with E-state index < -0.39 is 92.9 Å². The van der Waals surface area contributed by atoms with Crippen molar-refractivity contribution in [2.24, 2.45) is 0 Å². The van der Waals surface area contributed by atoms with E-state index in [2.05, 4.69) is 50.0 Å². The second-order valence-corrected chi connectivity index (χ2v) is 17.7. The zero-order valence-corrected chi connectivity index (χ0v) is 44.1. The summed E-state index contributed by atoms with van der Waals surface area (Å²) in [5, 5.41) is 39.2. The van der Waals surface area contributed by atoms with E-state index in [0.29, 0.717) is 9.87 Å². The summed E-state index contributed by atoms with van der Waals surface area (Å²) in [5.74, 6) is -2.24. The maximum atomic E-state index is 15.1. The molecule has 0 unspecified atom stereocenters. The molecule has 0 radical (unpaired) electrons. The normalized spacial score (nSPS) is 10.9. The van der Waals surface area contributed by atoms with Gasteiger partial charge in [0.25, 0.3) is 31.2 Å². The fourth-order valence-corrected chi connectivity index (χ4v) is 7.39. The first-order chi connectivity index (χ1) is 39.0. The molecule has 37 heteroatoms. The number of carbonyl (C=O) groups is 3. The third-order valence-electron chi connectivity index (χ3n) is 10.0. The largest absolute Gasteiger partial charge is 0.510 e. The van der Waals surface area contributed by atoms with Gasteiger partial charge in [0, 0.05) is 18.0 Å². The highest BCUT2D eigenvalue weighted by Gasteiger charge is 2.35. The number of aromatic nitrogens is 8. The SMILES string of the molecule is COc1ccccc1Oc1c(OCCOC(=O)OCCOCCO[N+](=O)[O-])nc(-c2ccnc(-c3nnnn3COC(=O)OCCCCO[N+](=O)[O-])c2)nc1N(COC(=O)OCCCCO[N+](=O)[O-])S(=O)(=O)c1ccc(C(C)C)cn1. The number of rotatable bonds is 36. The van der Waals surface area contributed by atoms with Crippen molar-refractivity contribution in [2.45, 2.75) is 57.2 Å². The van der Waals surface area contributed by atoms with Gasteiger partial charge in [-0.1, -0.05) is 32.0 Å². The van der Waals surface area contributed by atoms with Gasteiger partial charge in [-0.15, -0.1) is 35.4 Å². The number of para-hydroxylation sites is 2. The number of anilines is 1. The molecular formula is C44H52N12O24S. The van der Waals surface area contributed by atoms with Crippen molar-refractivity contribution >= 4 is 34.3 Å². The Bertz CT molecular complexity index is 2990. The quantitative estimate of drug-likeness (QED) is 0.0131. The molecule has 0 fully saturated rings. The van der Waals surface area contributed by atoms with Gasteiger partial charge in [-0.25, -0.2) is 28.7 Å². The predicted molar refractivity (Wildman–Crippen MR) is 264 cm³/mol. The first kappa shape index (κ1) is 62.0. The molecule has 5 aromatic rings. The van der Waals surface area contributed by atoms with Crippen LogP contribution in [0.2, 0.25) is 0 Å². The maximum absolute atomic E-state index is 15.1. The monoisotopic (exact) mass is 1160 g/mol. The Morgan fingerprint density at radius 3 is 1.94 bits per heavy atom. The van der Waals surface area contributed by atoms with E-state index in [1.165, 1.54) is 55.9 Å². The number of pyridine rings is 2. The highest BCUT2D eigenvalue weighted by atomic mass is 32.2. The van der Waals surface area contributed by atoms with Crippen molar-refractivity contribution in [1.29, 1.82) is 0 Å². The highest BCUT2D eigenvalue weighted by Crippen LogP contribution is 2.44. The molecule has 4 aromatic heterocycles. The standard InChI is InChI=1S/C44H52N12O24S/c1-30(2)32-12-13-36(46-27-32)81(66,67)53(29-76-44(59)72-17-7-9-19-78-55(62)63)40-37(80-35-11-5-4-10-34(35)68-3)41(70-23-24-74-42(57)73-22-20-69-21-25-79-56(64)65)48-38(47-40)31-14-15-45-33(26-31)39-49-50-51-52(39)28-75-43(58)71-16-6-8-18-77-54(60)61/h4-5,10-15,26-27,30H,6-9,16-25,28-29H2,1-3H3. The van der Waals surface area contributed by atoms with Crippen LogP contribution in [-0.4, -0.2) is 162 Å². The molecule has 81 heavy (non-hydrogen) atoms. The molecule has 5 rings (SSSR count). The lowest BCUT2D eigenvalue weighted by molar-refractivity contribution is -0.758. The summed E-state index contributed by atoms with van der Waals surface area (Å²) in [6.07, 6.45) is -0.514. The fraction of sp³-hybridized carbons (Fsp3) is 0.455. The van der Waals surface area contributed by atoms with Crippen molar-refractivity contribution in [3.05, 3.63) is 96.8 Å². The van der Waals surface area contributed by atoms with Gasteiger partial charge in [0.05, 0.1) is 46.8 Å². The average Bonchev–Trinajstić information content (AvgIpc) is 3.81. The number of hydrogen-bond donors (Lipinski definition) is 0. The molecule has 0 N–H and O–H groups in total. The number of methoxy groups -OCH3 is 1. The van der Waals surface area contributed by atoms with Gasteiger partial charge in [-0.3, -0.25) is 4.98 Å². The lowest BCUT2D eigenvalue weighted by Crippen LogP contribution is -2.36. The summed E-state index contributed by atoms with van der Waals surface area (Å²) in [4.78, 5) is 99.8. The summed E-state index contributed by atoms with van der Waals surface area (Å²) in [6, 6.07) is 11.6. The Balaban J connectivity index is 1.56. The van der Waals surface area contributed by atoms with Crippen LogP contribution in [-0.2, 0) is 64.4 Å². The molecule has 0 saturated heterocycles. The molecular weight excluding hydrogens is 1110 g/mol. The van der Waals surface area contributed by atoms with E-state index in [9.17, 15) is 44.7 Å². The van der Waals surface area contributed by atoms with Gasteiger partial charge >= 0.3 is 18.5 Å². The number of hydrogen-bond acceptors (Lipinski definition) is 31. The van der Waals surface area contributed by atoms with Crippen LogP contribution >= 0.6 is 0 Å². The number of benzene rings is 1. The minimum Gasteiger partial charge on any atom is -0.493 e. The molecule has 0 aliphatic rings. The number of sulfonamides is 1. The third kappa shape index (κ3) is 20.5. The first-order valence-corrected chi connectivity index (χ1v) is 25.3. The van der Waals surface area contributed by atoms with Gasteiger partial charge in [0.1, 0.15) is 32.1 Å². The van der Waals surface area contributed by atoms with Crippen LogP contribution in [0.25, 0.3) is 22.9 Å². The van der Waals surface area contributed by atoms with Crippen LogP contribution in [0.3, 0.4) is 0 Å². The van der Waals surface area contributed by atoms with E-state index >= 15 is 8.42 Å². The van der Waals surface area contributed by atoms with Crippen molar-refractivity contribution < 1.29 is 99.9 Å². The van der Waals surface area contributed by atoms with Crippen molar-refractivity contribution in [3.63, 3.8) is 0 Å². The van der Waals surface area contributed by atoms with E-state index in [4.69, 9.17) is 47.4 Å². The minimum atomic E-state index is -5.02. The van der Waals surface area contributed by atoms with E-state index in [-0.39, 0.29) is 119 Å². The molecule has 1 aromatic carbocycles. The number of unbranched alkanes of at least 4 members (excludes halogenated alkanes) is 2. The Morgan fingerprint density at radius 1 is 0.691 bits per heavy atom. The number of carbonyl (C=O) groups excluding carboxylic acids is 3. The van der Waals surface area contributed by atoms with Gasteiger partial charge in [-0.05, 0) is 77.9 Å². The molecule has 0 aliphatic carbocycles. The van der Waals surface area contributed by atoms with Crippen LogP contribution in [0.1, 0.15) is 51.0 Å². The molecule has 4 heterocycles. The maximum Gasteiger partial charge on any atom is 0.510 e. The molecule has 438 valence electrons. The summed E-state index contributed by atoms with van der Waals surface area (Å²) >= 11 is 0. The third-order valence-corrected chi connectivity index (χ3v) is 11.7. The second kappa shape index (κ2) is 32.2. The number of ether oxygens (including phenoxy) is 10. The molecule has 0 spiro atoms. The van der Waals surface area contributed by atoms with E-state index in [1.807, 2.05) is 13.8 Å². The van der Waals surface area contributed by atoms with Crippen LogP contribution in [0.4, 0.5) is 20.2 Å². The zero-order valence-electron chi connectivity index (χ0n) is 43.2. The zero-order chi connectivity index (χ0) is 58.6. The van der Waals surface area contributed by atoms with Gasteiger partial charge in [-0.2, -0.15) is 18.1 Å². The topological polar surface area (TPSA) is 433 Å². The van der Waals surface area contributed by atoms with Gasteiger partial charge in [0.2, 0.25) is 11.6 Å². The molecule has 36 nitrogen and oxygen atoms in total. The van der Waals surface area contributed by atoms with E-state index in [1.54, 1.807) is 12.1 Å². The Labute approximate surface area is 457 Å². The molecule has 0 aliphatic heterocycles. The van der Waals surface area contributed by atoms with Crippen LogP contribution in [0, 0.1) is 30.3 Å². The Hall–Kier alpha value is -9.81. The smallest absolute Gasteiger partial charge is 0.493 e. The molecule has 0 bridgehead atoms. The van der Waals surface area contributed by atoms with Gasteiger partial charge in [0.15, 0.2) is 41.6 Å².